The topological polar surface area (TPSA) is 74.6 Å². The lowest BCUT2D eigenvalue weighted by atomic mass is 10.0. The van der Waals surface area contributed by atoms with Crippen LogP contribution in [0.15, 0.2) is 0 Å². The summed E-state index contributed by atoms with van der Waals surface area (Å²) >= 11 is 0. The van der Waals surface area contributed by atoms with Crippen molar-refractivity contribution >= 4 is 11.9 Å². The van der Waals surface area contributed by atoms with Gasteiger partial charge in [-0.3, -0.25) is 9.59 Å². The van der Waals surface area contributed by atoms with E-state index in [1.54, 1.807) is 0 Å². The minimum atomic E-state index is -0.649. The molecule has 0 aromatic rings. The van der Waals surface area contributed by atoms with Crippen LogP contribution in [0.5, 0.6) is 0 Å². The van der Waals surface area contributed by atoms with Gasteiger partial charge in [-0.2, -0.15) is 0 Å². The maximum absolute atomic E-state index is 10.4. The highest BCUT2D eigenvalue weighted by Gasteiger charge is 2.00. The molecule has 2 N–H and O–H groups in total. The molecule has 0 aromatic carbocycles. The van der Waals surface area contributed by atoms with Crippen LogP contribution in [0.25, 0.3) is 0 Å². The highest BCUT2D eigenvalue weighted by molar-refractivity contribution is 5.66. The van der Waals surface area contributed by atoms with Gasteiger partial charge in [-0.25, -0.2) is 0 Å². The lowest BCUT2D eigenvalue weighted by molar-refractivity contribution is -0.138. The smallest absolute Gasteiger partial charge is 0.303 e. The fraction of sp³-hybridized carbons (Fsp3) is 0.966. The van der Waals surface area contributed by atoms with Crippen molar-refractivity contribution in [3.63, 3.8) is 0 Å². The van der Waals surface area contributed by atoms with E-state index in [0.717, 1.165) is 25.7 Å². The van der Waals surface area contributed by atoms with Crippen molar-refractivity contribution in [2.24, 2.45) is 0 Å². The van der Waals surface area contributed by atoms with Gasteiger partial charge in [-0.1, -0.05) is 335 Å². The Labute approximate surface area is 390 Å². The lowest BCUT2D eigenvalue weighted by Crippen LogP contribution is -1.93. The summed E-state index contributed by atoms with van der Waals surface area (Å²) in [7, 11) is 0. The predicted molar refractivity (Wildman–Crippen MR) is 276 cm³/mol. The molecule has 0 aromatic heterocycles. The van der Waals surface area contributed by atoms with E-state index in [1.807, 2.05) is 0 Å². The largest absolute Gasteiger partial charge is 0.481 e. The zero-order valence-corrected chi connectivity index (χ0v) is 42.9. The second kappa shape index (κ2) is 59.9. The second-order valence-electron chi connectivity index (χ2n) is 20.0. The van der Waals surface area contributed by atoms with E-state index >= 15 is 0 Å². The quantitative estimate of drug-likeness (QED) is 0.0597. The van der Waals surface area contributed by atoms with E-state index in [-0.39, 0.29) is 0 Å². The molecule has 0 heterocycles. The highest BCUT2D eigenvalue weighted by Crippen LogP contribution is 2.18. The number of aliphatic carboxylic acids is 2. The summed E-state index contributed by atoms with van der Waals surface area (Å²) in [5, 5.41) is 17.2. The molecule has 0 unspecified atom stereocenters. The molecule has 0 saturated carbocycles. The Kier molecular flexibility index (Phi) is 60.9. The summed E-state index contributed by atoms with van der Waals surface area (Å²) in [6.45, 7) is 4.59. The van der Waals surface area contributed by atoms with Gasteiger partial charge < -0.3 is 10.2 Å². The van der Waals surface area contributed by atoms with Gasteiger partial charge in [0, 0.05) is 12.8 Å². The van der Waals surface area contributed by atoms with Crippen molar-refractivity contribution in [3.8, 4) is 0 Å². The minimum Gasteiger partial charge on any atom is -0.481 e. The molecular formula is C58H116O4. The van der Waals surface area contributed by atoms with Gasteiger partial charge >= 0.3 is 11.9 Å². The molecule has 0 saturated heterocycles. The first-order valence-corrected chi connectivity index (χ1v) is 29.0. The first kappa shape index (κ1) is 63.0. The maximum atomic E-state index is 10.4. The summed E-state index contributed by atoms with van der Waals surface area (Å²) in [6, 6.07) is 0. The Hall–Kier alpha value is -1.06. The monoisotopic (exact) mass is 877 g/mol. The lowest BCUT2D eigenvalue weighted by Gasteiger charge is -2.04. The Morgan fingerprint density at radius 1 is 0.194 bits per heavy atom. The Morgan fingerprint density at radius 3 is 0.387 bits per heavy atom. The molecule has 0 spiro atoms. The first-order chi connectivity index (χ1) is 30.5. The normalized spacial score (nSPS) is 11.3. The molecule has 0 aliphatic carbocycles. The third kappa shape index (κ3) is 65.6. The molecule has 0 radical (unpaired) electrons. The van der Waals surface area contributed by atoms with Crippen LogP contribution in [-0.4, -0.2) is 22.2 Å². The zero-order chi connectivity index (χ0) is 45.3. The molecule has 62 heavy (non-hydrogen) atoms. The van der Waals surface area contributed by atoms with Crippen LogP contribution >= 0.6 is 0 Å². The van der Waals surface area contributed by atoms with Gasteiger partial charge in [0.15, 0.2) is 0 Å². The van der Waals surface area contributed by atoms with Gasteiger partial charge in [0.25, 0.3) is 0 Å². The van der Waals surface area contributed by atoms with Crippen molar-refractivity contribution in [2.75, 3.05) is 0 Å². The highest BCUT2D eigenvalue weighted by atomic mass is 16.4. The van der Waals surface area contributed by atoms with Gasteiger partial charge in [0.1, 0.15) is 0 Å². The van der Waals surface area contributed by atoms with Crippen molar-refractivity contribution in [1.29, 1.82) is 0 Å². The van der Waals surface area contributed by atoms with Crippen LogP contribution in [0.2, 0.25) is 0 Å². The van der Waals surface area contributed by atoms with E-state index < -0.39 is 11.9 Å². The van der Waals surface area contributed by atoms with Gasteiger partial charge in [-0.05, 0) is 12.8 Å². The maximum Gasteiger partial charge on any atom is 0.303 e. The number of carboxylic acid groups (broad SMARTS) is 2. The number of unbranched alkanes of at least 4 members (excludes halogenated alkanes) is 50. The summed E-state index contributed by atoms with van der Waals surface area (Å²) in [6.07, 6.45) is 73.0. The van der Waals surface area contributed by atoms with E-state index in [1.165, 1.54) is 308 Å². The van der Waals surface area contributed by atoms with Gasteiger partial charge in [0.2, 0.25) is 0 Å². The Morgan fingerprint density at radius 2 is 0.290 bits per heavy atom. The molecule has 0 fully saturated rings. The van der Waals surface area contributed by atoms with Crippen LogP contribution in [0.1, 0.15) is 361 Å². The molecule has 0 rings (SSSR count). The fourth-order valence-electron chi connectivity index (χ4n) is 9.18. The predicted octanol–water partition coefficient (Wildman–Crippen LogP) is 21.2. The molecule has 0 amide bonds. The van der Waals surface area contributed by atoms with Crippen molar-refractivity contribution < 1.29 is 19.8 Å². The van der Waals surface area contributed by atoms with Crippen molar-refractivity contribution in [3.05, 3.63) is 0 Å². The number of rotatable bonds is 54. The SMILES string of the molecule is CCCCCCCCCCCCCCCCCCCCCCCCCCCCC(=O)O.CCCCCCCCCCCCCCCCCCCCCCCCCCCCC(=O)O. The number of carbonyl (C=O) groups is 2. The Balaban J connectivity index is 0. The van der Waals surface area contributed by atoms with Crippen LogP contribution in [-0.2, 0) is 9.59 Å². The molecule has 0 atom stereocenters. The summed E-state index contributed by atoms with van der Waals surface area (Å²) < 4.78 is 0. The van der Waals surface area contributed by atoms with E-state index in [4.69, 9.17) is 10.2 Å². The standard InChI is InChI=1S/2C29H58O2/c2*1-2-3-4-5-6-7-8-9-10-11-12-13-14-15-16-17-18-19-20-21-22-23-24-25-26-27-28-29(30)31/h2*2-28H2,1H3,(H,30,31). The van der Waals surface area contributed by atoms with Crippen molar-refractivity contribution in [2.45, 2.75) is 361 Å². The van der Waals surface area contributed by atoms with Crippen LogP contribution < -0.4 is 0 Å². The number of hydrogen-bond donors (Lipinski definition) is 2. The third-order valence-corrected chi connectivity index (χ3v) is 13.5. The summed E-state index contributed by atoms with van der Waals surface area (Å²) in [4.78, 5) is 20.9. The fourth-order valence-corrected chi connectivity index (χ4v) is 9.18. The molecule has 0 bridgehead atoms. The molecule has 372 valence electrons. The summed E-state index contributed by atoms with van der Waals surface area (Å²) in [5.74, 6) is -1.30. The summed E-state index contributed by atoms with van der Waals surface area (Å²) in [5.41, 5.74) is 0. The third-order valence-electron chi connectivity index (χ3n) is 13.5. The molecule has 0 aliphatic rings. The number of carboxylic acids is 2. The molecular weight excluding hydrogens is 761 g/mol. The second-order valence-corrected chi connectivity index (χ2v) is 20.0. The van der Waals surface area contributed by atoms with E-state index in [2.05, 4.69) is 13.8 Å². The number of hydrogen-bond acceptors (Lipinski definition) is 2. The minimum absolute atomic E-state index is 0.347. The van der Waals surface area contributed by atoms with Crippen molar-refractivity contribution in [1.82, 2.24) is 0 Å². The average molecular weight is 878 g/mol. The zero-order valence-electron chi connectivity index (χ0n) is 42.9. The van der Waals surface area contributed by atoms with E-state index in [0.29, 0.717) is 12.8 Å². The van der Waals surface area contributed by atoms with Gasteiger partial charge in [-0.15, -0.1) is 0 Å². The van der Waals surface area contributed by atoms with E-state index in [9.17, 15) is 9.59 Å². The molecule has 4 nitrogen and oxygen atoms in total. The Bertz CT molecular complexity index is 745. The van der Waals surface area contributed by atoms with Crippen LogP contribution in [0.4, 0.5) is 0 Å². The molecule has 0 aliphatic heterocycles. The van der Waals surface area contributed by atoms with Crippen LogP contribution in [0, 0.1) is 0 Å². The average Bonchev–Trinajstić information content (AvgIpc) is 3.26. The van der Waals surface area contributed by atoms with Gasteiger partial charge in [0.05, 0.1) is 0 Å². The van der Waals surface area contributed by atoms with Crippen LogP contribution in [0.3, 0.4) is 0 Å². The first-order valence-electron chi connectivity index (χ1n) is 29.0. The molecule has 4 heteroatoms.